The molecule has 7 N–H and O–H groups in total. The van der Waals surface area contributed by atoms with Crippen molar-refractivity contribution in [1.29, 1.82) is 0 Å². The van der Waals surface area contributed by atoms with Crippen LogP contribution in [-0.2, 0) is 37.4 Å². The van der Waals surface area contributed by atoms with Crippen LogP contribution in [0.5, 0.6) is 0 Å². The number of imidazole rings is 1. The maximum Gasteiger partial charge on any atom is 0.392 e. The first kappa shape index (κ1) is 49.7. The number of aromatic nitrogens is 6. The second kappa shape index (κ2) is 19.7. The molecule has 4 aliphatic carbocycles. The molecule has 6 fully saturated rings. The zero-order chi connectivity index (χ0) is 48.3. The molecular weight excluding hydrogens is 926 g/mol. The molecular formula is C45H66N7O14PS. The Kier molecular flexibility index (Phi) is 14.4. The van der Waals surface area contributed by atoms with E-state index in [4.69, 9.17) is 33.7 Å². The van der Waals surface area contributed by atoms with Crippen molar-refractivity contribution in [2.24, 2.45) is 46.3 Å². The van der Waals surface area contributed by atoms with Gasteiger partial charge in [0.25, 0.3) is 5.56 Å². The maximum absolute atomic E-state index is 14.9. The molecule has 68 heavy (non-hydrogen) atoms. The van der Waals surface area contributed by atoms with Crippen LogP contribution < -0.4 is 17.0 Å². The standard InChI is InChI=1S/C45H66N7O14PS/c1-23(27-8-9-28-26-7-6-24-15-25(54)11-13-44(24,2)29(26)16-33(56)45(27,28)3)5-10-36(58)62-22-68-67(60,66-38-31(18-53)65-42(39(38)61-4)51-14-12-34(57)50-43(51)59)63-19-32-30(55)17-35(64-32)52-21-49-37-40(46)47-20-48-41(37)52/h12,14,20-21,23-33,35,38-39,42,53-56H,5-11,13,15-19,22H2,1-4H3,(H2,46,47,48)(H,50,57,59)/t23-,24-,25-,26+,27?,28+,29+,30+,31-,32-,33+,35-,38-,39-,42-,44+,45-,67?/m1/s1. The normalized spacial score (nSPS) is 39.2. The Labute approximate surface area is 397 Å². The fourth-order valence-corrected chi connectivity index (χ4v) is 16.4. The Morgan fingerprint density at radius 2 is 1.84 bits per heavy atom. The molecule has 2 saturated heterocycles. The fraction of sp³-hybridized carbons (Fsp3) is 0.778. The monoisotopic (exact) mass is 991 g/mol. The van der Waals surface area contributed by atoms with Crippen molar-refractivity contribution < 1.29 is 57.8 Å². The minimum Gasteiger partial charge on any atom is -0.454 e. The number of anilines is 1. The van der Waals surface area contributed by atoms with Gasteiger partial charge in [0.1, 0.15) is 48.4 Å². The summed E-state index contributed by atoms with van der Waals surface area (Å²) in [5.41, 5.74) is 5.12. The van der Waals surface area contributed by atoms with Crippen molar-refractivity contribution in [3.63, 3.8) is 0 Å². The summed E-state index contributed by atoms with van der Waals surface area (Å²) in [6.07, 6.45) is 3.95. The lowest BCUT2D eigenvalue weighted by Crippen LogP contribution is -2.58. The van der Waals surface area contributed by atoms with Gasteiger partial charge in [-0.05, 0) is 104 Å². The van der Waals surface area contributed by atoms with Crippen LogP contribution in [0.15, 0.2) is 34.5 Å². The van der Waals surface area contributed by atoms with Gasteiger partial charge in [0.2, 0.25) is 0 Å². The van der Waals surface area contributed by atoms with Crippen molar-refractivity contribution in [1.82, 2.24) is 29.1 Å². The van der Waals surface area contributed by atoms with Crippen molar-refractivity contribution >= 4 is 41.1 Å². The van der Waals surface area contributed by atoms with Crippen molar-refractivity contribution in [3.05, 3.63) is 45.8 Å². The minimum absolute atomic E-state index is 0.0859. The van der Waals surface area contributed by atoms with Crippen LogP contribution in [-0.4, -0.2) is 124 Å². The molecule has 23 heteroatoms. The van der Waals surface area contributed by atoms with Crippen LogP contribution in [0.25, 0.3) is 11.2 Å². The highest BCUT2D eigenvalue weighted by atomic mass is 32.7. The first-order valence-electron chi connectivity index (χ1n) is 23.9. The third-order valence-electron chi connectivity index (χ3n) is 17.1. The summed E-state index contributed by atoms with van der Waals surface area (Å²) < 4.78 is 53.1. The summed E-state index contributed by atoms with van der Waals surface area (Å²) >= 11 is 0.574. The lowest BCUT2D eigenvalue weighted by molar-refractivity contribution is -0.175. The van der Waals surface area contributed by atoms with E-state index in [1.807, 2.05) is 0 Å². The van der Waals surface area contributed by atoms with Crippen molar-refractivity contribution in [3.8, 4) is 0 Å². The topological polar surface area (TPSA) is 295 Å². The van der Waals surface area contributed by atoms with E-state index in [1.165, 1.54) is 26.0 Å². The quantitative estimate of drug-likeness (QED) is 0.0678. The molecule has 2 unspecified atom stereocenters. The fourth-order valence-electron chi connectivity index (χ4n) is 13.5. The van der Waals surface area contributed by atoms with E-state index in [2.05, 4.69) is 40.7 Å². The number of carbonyl (C=O) groups is 1. The Morgan fingerprint density at radius 1 is 1.03 bits per heavy atom. The van der Waals surface area contributed by atoms with Gasteiger partial charge in [-0.15, -0.1) is 0 Å². The summed E-state index contributed by atoms with van der Waals surface area (Å²) in [6, 6.07) is 1.11. The predicted octanol–water partition coefficient (Wildman–Crippen LogP) is 3.66. The number of carbonyl (C=O) groups excluding carboxylic acids is 1. The SMILES string of the molecule is CO[C@@H]1[C@H](OP(=O)(OC[C@H]2O[C@@H](n3cnc4c(N)ncnc43)C[C@@H]2O)SCOC(=O)CC[C@@H](C)C2CC[C@H]3[C@@H]4CC[C@@H]5C[C@H](O)CC[C@]5(C)[C@H]4C[C@H](O)[C@]23C)[C@@H](CO)O[C@H]1n1ccc(=O)[nH]c1=O. The van der Waals surface area contributed by atoms with E-state index >= 15 is 0 Å². The summed E-state index contributed by atoms with van der Waals surface area (Å²) in [6.45, 7) is 1.28. The summed E-state index contributed by atoms with van der Waals surface area (Å²) in [7, 11) is 1.31. The molecule has 4 saturated carbocycles. The van der Waals surface area contributed by atoms with Crippen molar-refractivity contribution in [2.45, 2.75) is 147 Å². The van der Waals surface area contributed by atoms with Crippen LogP contribution in [0.4, 0.5) is 5.82 Å². The van der Waals surface area contributed by atoms with E-state index in [1.54, 1.807) is 4.57 Å². The number of hydrogen-bond acceptors (Lipinski definition) is 19. The first-order valence-corrected chi connectivity index (χ1v) is 27.1. The Morgan fingerprint density at radius 3 is 2.60 bits per heavy atom. The number of hydrogen-bond donors (Lipinski definition) is 6. The number of nitrogens with one attached hydrogen (secondary N) is 1. The number of fused-ring (bicyclic) bond motifs is 6. The average Bonchev–Trinajstić information content (AvgIpc) is 4.09. The third-order valence-corrected chi connectivity index (χ3v) is 20.5. The van der Waals surface area contributed by atoms with Crippen LogP contribution in [0.1, 0.15) is 104 Å². The Balaban J connectivity index is 0.853. The largest absolute Gasteiger partial charge is 0.454 e. The molecule has 0 aromatic carbocycles. The summed E-state index contributed by atoms with van der Waals surface area (Å²) in [5, 5.41) is 44.0. The molecule has 5 heterocycles. The number of methoxy groups -OCH3 is 1. The number of rotatable bonds is 16. The second-order valence-electron chi connectivity index (χ2n) is 20.5. The van der Waals surface area contributed by atoms with E-state index in [0.29, 0.717) is 52.6 Å². The van der Waals surface area contributed by atoms with Gasteiger partial charge >= 0.3 is 18.5 Å². The lowest BCUT2D eigenvalue weighted by atomic mass is 9.43. The number of aliphatic hydroxyl groups is 4. The van der Waals surface area contributed by atoms with Gasteiger partial charge in [0, 0.05) is 43.6 Å². The molecule has 0 radical (unpaired) electrons. The highest BCUT2D eigenvalue weighted by Crippen LogP contribution is 2.69. The molecule has 21 nitrogen and oxygen atoms in total. The Hall–Kier alpha value is -3.28. The van der Waals surface area contributed by atoms with Crippen molar-refractivity contribution in [2.75, 3.05) is 32.0 Å². The van der Waals surface area contributed by atoms with Crippen LogP contribution in [0, 0.1) is 46.3 Å². The number of ether oxygens (including phenoxy) is 4. The highest BCUT2D eigenvalue weighted by molar-refractivity contribution is 8.55. The molecule has 6 aliphatic rings. The summed E-state index contributed by atoms with van der Waals surface area (Å²) in [4.78, 5) is 52.7. The number of H-pyrrole nitrogens is 1. The zero-order valence-electron chi connectivity index (χ0n) is 38.9. The van der Waals surface area contributed by atoms with E-state index in [-0.39, 0.29) is 47.4 Å². The number of aromatic amines is 1. The predicted molar refractivity (Wildman–Crippen MR) is 245 cm³/mol. The Bertz CT molecular complexity index is 2460. The molecule has 3 aromatic rings. The first-order chi connectivity index (χ1) is 32.5. The number of esters is 1. The minimum atomic E-state index is -4.45. The lowest BCUT2D eigenvalue weighted by Gasteiger charge is -2.62. The molecule has 3 aromatic heterocycles. The van der Waals surface area contributed by atoms with Gasteiger partial charge in [0.15, 0.2) is 17.7 Å². The van der Waals surface area contributed by atoms with Gasteiger partial charge in [0.05, 0.1) is 37.9 Å². The molecule has 0 spiro atoms. The van der Waals surface area contributed by atoms with Crippen LogP contribution >= 0.6 is 18.2 Å². The second-order valence-corrected chi connectivity index (χ2v) is 24.4. The van der Waals surface area contributed by atoms with Gasteiger partial charge in [-0.25, -0.2) is 24.3 Å². The van der Waals surface area contributed by atoms with Gasteiger partial charge in [-0.3, -0.25) is 32.8 Å². The molecule has 0 amide bonds. The molecule has 2 aliphatic heterocycles. The highest BCUT2D eigenvalue weighted by Gasteiger charge is 2.64. The van der Waals surface area contributed by atoms with E-state index in [0.717, 1.165) is 62.0 Å². The molecule has 9 rings (SSSR count). The molecule has 376 valence electrons. The van der Waals surface area contributed by atoms with Gasteiger partial charge < -0.3 is 45.1 Å². The van der Waals surface area contributed by atoms with Crippen LogP contribution in [0.3, 0.4) is 0 Å². The zero-order valence-corrected chi connectivity index (χ0v) is 40.6. The van der Waals surface area contributed by atoms with E-state index < -0.39 is 92.2 Å². The van der Waals surface area contributed by atoms with Gasteiger partial charge in [-0.1, -0.05) is 20.8 Å². The third kappa shape index (κ3) is 9.14. The molecule has 0 bridgehead atoms. The van der Waals surface area contributed by atoms with Gasteiger partial charge in [-0.2, -0.15) is 0 Å². The maximum atomic E-state index is 14.9. The number of nitrogens with zero attached hydrogens (tertiary/aromatic N) is 5. The average molecular weight is 992 g/mol. The molecule has 18 atom stereocenters. The summed E-state index contributed by atoms with van der Waals surface area (Å²) in [5.74, 6) is 1.40. The number of aliphatic hydroxyl groups excluding tert-OH is 4. The number of nitrogen functional groups attached to an aromatic ring is 1. The smallest absolute Gasteiger partial charge is 0.392 e. The van der Waals surface area contributed by atoms with E-state index in [9.17, 15) is 39.4 Å². The number of nitrogens with two attached hydrogens (primary N) is 1. The van der Waals surface area contributed by atoms with Crippen LogP contribution in [0.2, 0.25) is 0 Å².